The van der Waals surface area contributed by atoms with E-state index in [1.807, 2.05) is 24.4 Å². The van der Waals surface area contributed by atoms with Crippen LogP contribution in [0.1, 0.15) is 27.9 Å². The van der Waals surface area contributed by atoms with E-state index >= 15 is 0 Å². The summed E-state index contributed by atoms with van der Waals surface area (Å²) in [6, 6.07) is 17.4. The minimum atomic E-state index is -0.341. The number of amides is 1. The van der Waals surface area contributed by atoms with Gasteiger partial charge >= 0.3 is 5.97 Å². The maximum absolute atomic E-state index is 12.9. The Balaban J connectivity index is 1.27. The quantitative estimate of drug-likeness (QED) is 0.629. The van der Waals surface area contributed by atoms with Crippen molar-refractivity contribution in [2.75, 3.05) is 13.7 Å². The zero-order valence-electron chi connectivity index (χ0n) is 18.0. The van der Waals surface area contributed by atoms with Crippen LogP contribution in [0.15, 0.2) is 67.0 Å². The lowest BCUT2D eigenvalue weighted by molar-refractivity contribution is -0.146. The van der Waals surface area contributed by atoms with E-state index in [1.54, 1.807) is 23.0 Å². The summed E-state index contributed by atoms with van der Waals surface area (Å²) in [6.07, 6.45) is 5.96. The minimum Gasteiger partial charge on any atom is -0.468 e. The predicted molar refractivity (Wildman–Crippen MR) is 120 cm³/mol. The summed E-state index contributed by atoms with van der Waals surface area (Å²) >= 11 is 0. The molecule has 1 saturated heterocycles. The van der Waals surface area contributed by atoms with Crippen molar-refractivity contribution >= 4 is 11.9 Å². The maximum atomic E-state index is 12.9. The number of rotatable bonds is 5. The molecule has 0 spiro atoms. The summed E-state index contributed by atoms with van der Waals surface area (Å²) in [4.78, 5) is 27.6. The molecule has 0 unspecified atom stereocenters. The third-order valence-corrected chi connectivity index (χ3v) is 6.54. The number of esters is 1. The highest BCUT2D eigenvalue weighted by Gasteiger charge is 2.43. The number of hydrogen-bond acceptors (Lipinski definition) is 5. The van der Waals surface area contributed by atoms with Crippen LogP contribution in [0.5, 0.6) is 0 Å². The number of benzene rings is 2. The zero-order chi connectivity index (χ0) is 22.1. The Bertz CT molecular complexity index is 1090. The van der Waals surface area contributed by atoms with Gasteiger partial charge in [0, 0.05) is 36.6 Å². The van der Waals surface area contributed by atoms with Crippen molar-refractivity contribution in [3.63, 3.8) is 0 Å². The molecule has 1 fully saturated rings. The Kier molecular flexibility index (Phi) is 5.49. The molecule has 0 saturated carbocycles. The van der Waals surface area contributed by atoms with Crippen LogP contribution in [0.3, 0.4) is 0 Å². The van der Waals surface area contributed by atoms with Gasteiger partial charge < -0.3 is 10.1 Å². The van der Waals surface area contributed by atoms with Gasteiger partial charge in [0.05, 0.1) is 12.8 Å². The van der Waals surface area contributed by atoms with Crippen LogP contribution in [0, 0.1) is 0 Å². The second-order valence-electron chi connectivity index (χ2n) is 8.47. The maximum Gasteiger partial charge on any atom is 0.323 e. The van der Waals surface area contributed by atoms with Crippen LogP contribution in [-0.2, 0) is 22.4 Å². The molecule has 1 aromatic heterocycles. The summed E-state index contributed by atoms with van der Waals surface area (Å²) < 4.78 is 6.83. The van der Waals surface area contributed by atoms with E-state index in [1.165, 1.54) is 18.2 Å². The number of methoxy groups -OCH3 is 1. The average Bonchev–Trinajstić information content (AvgIpc) is 3.57. The molecule has 32 heavy (non-hydrogen) atoms. The molecular formula is C25H26N4O3. The first-order valence-electron chi connectivity index (χ1n) is 10.9. The van der Waals surface area contributed by atoms with Crippen molar-refractivity contribution in [2.24, 2.45) is 0 Å². The molecule has 2 heterocycles. The SMILES string of the molecule is COC(=O)[C@@H]1C[C@@H](NC(=O)c2ccc(-n3cccn3)cc2)CN1C1Cc2ccccc2C1. The first-order valence-corrected chi connectivity index (χ1v) is 10.9. The van der Waals surface area contributed by atoms with Gasteiger partial charge in [-0.25, -0.2) is 4.68 Å². The summed E-state index contributed by atoms with van der Waals surface area (Å²) in [5, 5.41) is 7.33. The third kappa shape index (κ3) is 3.91. The number of ether oxygens (including phenoxy) is 1. The Labute approximate surface area is 187 Å². The van der Waals surface area contributed by atoms with Crippen LogP contribution < -0.4 is 5.32 Å². The average molecular weight is 431 g/mol. The molecule has 7 nitrogen and oxygen atoms in total. The van der Waals surface area contributed by atoms with Crippen molar-refractivity contribution in [1.82, 2.24) is 20.0 Å². The molecule has 7 heteroatoms. The third-order valence-electron chi connectivity index (χ3n) is 6.54. The fraction of sp³-hybridized carbons (Fsp3) is 0.320. The molecular weight excluding hydrogens is 404 g/mol. The second kappa shape index (κ2) is 8.59. The lowest BCUT2D eigenvalue weighted by atomic mass is 10.1. The van der Waals surface area contributed by atoms with Crippen LogP contribution in [0.25, 0.3) is 5.69 Å². The number of fused-ring (bicyclic) bond motifs is 1. The van der Waals surface area contributed by atoms with Gasteiger partial charge in [-0.2, -0.15) is 5.10 Å². The van der Waals surface area contributed by atoms with E-state index in [9.17, 15) is 9.59 Å². The standard InChI is InChI=1S/C25H26N4O3/c1-32-25(31)23-15-20(16-28(23)22-13-18-5-2-3-6-19(18)14-22)27-24(30)17-7-9-21(10-8-17)29-12-4-11-26-29/h2-12,20,22-23H,13-16H2,1H3,(H,27,30)/t20-,23+/m1/s1. The molecule has 2 atom stereocenters. The molecule has 3 aromatic rings. The number of nitrogens with zero attached hydrogens (tertiary/aromatic N) is 3. The topological polar surface area (TPSA) is 76.5 Å². The summed E-state index contributed by atoms with van der Waals surface area (Å²) in [6.45, 7) is 0.634. The first kappa shape index (κ1) is 20.5. The van der Waals surface area contributed by atoms with Crippen molar-refractivity contribution in [3.8, 4) is 5.69 Å². The van der Waals surface area contributed by atoms with Gasteiger partial charge in [0.2, 0.25) is 0 Å². The first-order chi connectivity index (χ1) is 15.6. The van der Waals surface area contributed by atoms with E-state index in [0.717, 1.165) is 18.5 Å². The summed E-state index contributed by atoms with van der Waals surface area (Å²) in [5.41, 5.74) is 4.16. The van der Waals surface area contributed by atoms with Gasteiger partial charge in [-0.3, -0.25) is 14.5 Å². The number of carbonyl (C=O) groups is 2. The zero-order valence-corrected chi connectivity index (χ0v) is 18.0. The molecule has 1 N–H and O–H groups in total. The van der Waals surface area contributed by atoms with Crippen molar-refractivity contribution in [3.05, 3.63) is 83.7 Å². The van der Waals surface area contributed by atoms with Crippen LogP contribution in [-0.4, -0.2) is 58.3 Å². The molecule has 5 rings (SSSR count). The number of carbonyl (C=O) groups excluding carboxylic acids is 2. The number of aromatic nitrogens is 2. The summed E-state index contributed by atoms with van der Waals surface area (Å²) in [7, 11) is 1.43. The van der Waals surface area contributed by atoms with E-state index in [4.69, 9.17) is 4.74 Å². The fourth-order valence-electron chi connectivity index (χ4n) is 4.96. The summed E-state index contributed by atoms with van der Waals surface area (Å²) in [5.74, 6) is -0.372. The predicted octanol–water partition coefficient (Wildman–Crippen LogP) is 2.39. The molecule has 2 aromatic carbocycles. The highest BCUT2D eigenvalue weighted by molar-refractivity contribution is 5.94. The lowest BCUT2D eigenvalue weighted by Gasteiger charge is -2.28. The van der Waals surface area contributed by atoms with E-state index in [-0.39, 0.29) is 30.0 Å². The molecule has 0 radical (unpaired) electrons. The number of likely N-dealkylation sites (tertiary alicyclic amines) is 1. The Morgan fingerprint density at radius 1 is 1.03 bits per heavy atom. The fourth-order valence-corrected chi connectivity index (χ4v) is 4.96. The van der Waals surface area contributed by atoms with Gasteiger partial charge in [-0.05, 0) is 60.7 Å². The molecule has 2 aliphatic rings. The van der Waals surface area contributed by atoms with Crippen molar-refractivity contribution in [2.45, 2.75) is 37.4 Å². The van der Waals surface area contributed by atoms with Gasteiger partial charge in [-0.15, -0.1) is 0 Å². The number of nitrogens with one attached hydrogen (secondary N) is 1. The van der Waals surface area contributed by atoms with Gasteiger partial charge in [0.1, 0.15) is 6.04 Å². The Morgan fingerprint density at radius 3 is 2.38 bits per heavy atom. The van der Waals surface area contributed by atoms with E-state index < -0.39 is 0 Å². The smallest absolute Gasteiger partial charge is 0.323 e. The molecule has 164 valence electrons. The van der Waals surface area contributed by atoms with Crippen molar-refractivity contribution < 1.29 is 14.3 Å². The van der Waals surface area contributed by atoms with Gasteiger partial charge in [0.25, 0.3) is 5.91 Å². The van der Waals surface area contributed by atoms with Gasteiger partial charge in [0.15, 0.2) is 0 Å². The Hall–Kier alpha value is -3.45. The highest BCUT2D eigenvalue weighted by Crippen LogP contribution is 2.31. The van der Waals surface area contributed by atoms with Crippen LogP contribution >= 0.6 is 0 Å². The minimum absolute atomic E-state index is 0.110. The molecule has 1 aliphatic carbocycles. The number of hydrogen-bond donors (Lipinski definition) is 1. The molecule has 0 bridgehead atoms. The highest BCUT2D eigenvalue weighted by atomic mass is 16.5. The van der Waals surface area contributed by atoms with Gasteiger partial charge in [-0.1, -0.05) is 24.3 Å². The Morgan fingerprint density at radius 2 is 1.75 bits per heavy atom. The molecule has 1 aliphatic heterocycles. The van der Waals surface area contributed by atoms with Crippen LogP contribution in [0.2, 0.25) is 0 Å². The molecule has 1 amide bonds. The second-order valence-corrected chi connectivity index (χ2v) is 8.47. The van der Waals surface area contributed by atoms with Crippen LogP contribution in [0.4, 0.5) is 0 Å². The van der Waals surface area contributed by atoms with Crippen molar-refractivity contribution in [1.29, 1.82) is 0 Å². The van der Waals surface area contributed by atoms with E-state index in [0.29, 0.717) is 18.5 Å². The lowest BCUT2D eigenvalue weighted by Crippen LogP contribution is -2.45. The van der Waals surface area contributed by atoms with E-state index in [2.05, 4.69) is 39.6 Å². The monoisotopic (exact) mass is 430 g/mol. The largest absolute Gasteiger partial charge is 0.468 e. The normalized spacial score (nSPS) is 20.8.